The minimum Gasteiger partial charge on any atom is -0.368 e. The van der Waals surface area contributed by atoms with E-state index in [0.717, 1.165) is 22.8 Å². The number of amides is 1. The number of hydrogen-bond acceptors (Lipinski definition) is 4. The van der Waals surface area contributed by atoms with Crippen molar-refractivity contribution in [3.05, 3.63) is 94.4 Å². The van der Waals surface area contributed by atoms with Gasteiger partial charge in [-0.25, -0.2) is 4.68 Å². The molecule has 1 atom stereocenters. The molecule has 0 bridgehead atoms. The van der Waals surface area contributed by atoms with Gasteiger partial charge in [-0.05, 0) is 25.1 Å². The normalized spacial score (nSPS) is 18.8. The van der Waals surface area contributed by atoms with Crippen molar-refractivity contribution in [3.8, 4) is 0 Å². The maximum atomic E-state index is 13.8. The van der Waals surface area contributed by atoms with Gasteiger partial charge in [-0.3, -0.25) is 4.79 Å². The summed E-state index contributed by atoms with van der Waals surface area (Å²) in [5.41, 5.74) is 3.15. The zero-order valence-corrected chi connectivity index (χ0v) is 19.4. The fraction of sp³-hybridized carbons (Fsp3) is 0.250. The standard InChI is InChI=1S/C24H25Cl2N5O/c1-4-7-17(5-2)29-12-14-30(15-13-29)24(32)21-16(3)28-20-10-11-27-31(20)23(21)18-8-6-9-19(25)22(18)26/h4-11,23,28H,1-2,12-15H2,3H3/b17-7+. The molecule has 2 aliphatic heterocycles. The van der Waals surface area contributed by atoms with E-state index in [1.54, 1.807) is 23.0 Å². The third-order valence-electron chi connectivity index (χ3n) is 5.84. The molecule has 4 rings (SSSR count). The smallest absolute Gasteiger partial charge is 0.254 e. The van der Waals surface area contributed by atoms with Crippen LogP contribution in [0.2, 0.25) is 10.0 Å². The molecular weight excluding hydrogens is 445 g/mol. The number of halogens is 2. The number of piperazine rings is 1. The highest BCUT2D eigenvalue weighted by Gasteiger charge is 2.37. The number of hydrogen-bond donors (Lipinski definition) is 1. The van der Waals surface area contributed by atoms with E-state index in [1.807, 2.05) is 42.2 Å². The van der Waals surface area contributed by atoms with Crippen LogP contribution in [0.4, 0.5) is 5.82 Å². The summed E-state index contributed by atoms with van der Waals surface area (Å²) in [6, 6.07) is 6.88. The molecule has 8 heteroatoms. The lowest BCUT2D eigenvalue weighted by Gasteiger charge is -2.39. The molecule has 0 radical (unpaired) electrons. The van der Waals surface area contributed by atoms with Crippen molar-refractivity contribution >= 4 is 34.9 Å². The Morgan fingerprint density at radius 2 is 1.88 bits per heavy atom. The van der Waals surface area contributed by atoms with Crippen LogP contribution in [0.15, 0.2) is 78.8 Å². The molecule has 1 N–H and O–H groups in total. The molecular formula is C24H25Cl2N5O. The van der Waals surface area contributed by atoms with Gasteiger partial charge in [0.1, 0.15) is 11.9 Å². The number of aromatic nitrogens is 2. The van der Waals surface area contributed by atoms with Crippen molar-refractivity contribution in [2.45, 2.75) is 13.0 Å². The summed E-state index contributed by atoms with van der Waals surface area (Å²) < 4.78 is 1.79. The van der Waals surface area contributed by atoms with Gasteiger partial charge >= 0.3 is 0 Å². The number of nitrogens with one attached hydrogen (secondary N) is 1. The number of allylic oxidation sites excluding steroid dienone is 4. The number of benzene rings is 1. The second kappa shape index (κ2) is 9.27. The second-order valence-electron chi connectivity index (χ2n) is 7.68. The Bertz CT molecular complexity index is 1130. The van der Waals surface area contributed by atoms with Gasteiger partial charge < -0.3 is 15.1 Å². The zero-order chi connectivity index (χ0) is 22.8. The van der Waals surface area contributed by atoms with E-state index in [0.29, 0.717) is 41.8 Å². The minimum absolute atomic E-state index is 0.0373. The van der Waals surface area contributed by atoms with Crippen molar-refractivity contribution < 1.29 is 4.79 Å². The van der Waals surface area contributed by atoms with Gasteiger partial charge in [0, 0.05) is 49.2 Å². The van der Waals surface area contributed by atoms with Crippen LogP contribution >= 0.6 is 23.2 Å². The van der Waals surface area contributed by atoms with Crippen LogP contribution in [0.1, 0.15) is 18.5 Å². The van der Waals surface area contributed by atoms with E-state index in [2.05, 4.69) is 28.5 Å². The average Bonchev–Trinajstić information content (AvgIpc) is 3.26. The Kier molecular flexibility index (Phi) is 6.44. The van der Waals surface area contributed by atoms with Crippen molar-refractivity contribution in [2.75, 3.05) is 31.5 Å². The molecule has 1 amide bonds. The number of fused-ring (bicyclic) bond motifs is 1. The van der Waals surface area contributed by atoms with Crippen LogP contribution in [-0.2, 0) is 4.79 Å². The highest BCUT2D eigenvalue weighted by atomic mass is 35.5. The Morgan fingerprint density at radius 1 is 1.16 bits per heavy atom. The predicted octanol–water partition coefficient (Wildman–Crippen LogP) is 4.88. The largest absolute Gasteiger partial charge is 0.368 e. The predicted molar refractivity (Wildman–Crippen MR) is 130 cm³/mol. The van der Waals surface area contributed by atoms with Crippen LogP contribution in [-0.4, -0.2) is 51.7 Å². The summed E-state index contributed by atoms with van der Waals surface area (Å²) in [5, 5.41) is 8.66. The average molecular weight is 470 g/mol. The van der Waals surface area contributed by atoms with E-state index in [1.165, 1.54) is 0 Å². The van der Waals surface area contributed by atoms with E-state index in [9.17, 15) is 4.79 Å². The van der Waals surface area contributed by atoms with E-state index < -0.39 is 6.04 Å². The Hall–Kier alpha value is -2.96. The molecule has 6 nitrogen and oxygen atoms in total. The molecule has 1 unspecified atom stereocenters. The van der Waals surface area contributed by atoms with Gasteiger partial charge in [-0.1, -0.05) is 54.6 Å². The van der Waals surface area contributed by atoms with Gasteiger partial charge in [0.05, 0.1) is 21.8 Å². The van der Waals surface area contributed by atoms with Crippen LogP contribution < -0.4 is 5.32 Å². The summed E-state index contributed by atoms with van der Waals surface area (Å²) in [4.78, 5) is 17.9. The maximum absolute atomic E-state index is 13.8. The van der Waals surface area contributed by atoms with E-state index in [-0.39, 0.29) is 5.91 Å². The molecule has 2 aliphatic rings. The van der Waals surface area contributed by atoms with Crippen molar-refractivity contribution in [1.29, 1.82) is 0 Å². The van der Waals surface area contributed by atoms with Crippen molar-refractivity contribution in [2.24, 2.45) is 0 Å². The molecule has 1 aromatic carbocycles. The number of carbonyl (C=O) groups is 1. The lowest BCUT2D eigenvalue weighted by Crippen LogP contribution is -2.49. The first-order valence-electron chi connectivity index (χ1n) is 10.4. The van der Waals surface area contributed by atoms with Gasteiger partial charge in [0.15, 0.2) is 0 Å². The third-order valence-corrected chi connectivity index (χ3v) is 6.68. The number of carbonyl (C=O) groups excluding carboxylic acids is 1. The molecule has 1 fully saturated rings. The highest BCUT2D eigenvalue weighted by molar-refractivity contribution is 6.42. The second-order valence-corrected chi connectivity index (χ2v) is 8.47. The molecule has 3 heterocycles. The van der Waals surface area contributed by atoms with Crippen LogP contribution in [0, 0.1) is 0 Å². The van der Waals surface area contributed by atoms with Gasteiger partial charge in [-0.2, -0.15) is 5.10 Å². The Morgan fingerprint density at radius 3 is 2.56 bits per heavy atom. The highest BCUT2D eigenvalue weighted by Crippen LogP contribution is 2.41. The quantitative estimate of drug-likeness (QED) is 0.633. The van der Waals surface area contributed by atoms with Gasteiger partial charge in [0.25, 0.3) is 5.91 Å². The first-order chi connectivity index (χ1) is 15.5. The first kappa shape index (κ1) is 22.2. The number of anilines is 1. The lowest BCUT2D eigenvalue weighted by molar-refractivity contribution is -0.129. The number of nitrogens with zero attached hydrogens (tertiary/aromatic N) is 4. The van der Waals surface area contributed by atoms with Crippen molar-refractivity contribution in [3.63, 3.8) is 0 Å². The topological polar surface area (TPSA) is 53.4 Å². The summed E-state index contributed by atoms with van der Waals surface area (Å²) in [7, 11) is 0. The van der Waals surface area contributed by atoms with E-state index >= 15 is 0 Å². The summed E-state index contributed by atoms with van der Waals surface area (Å²) in [6.07, 6.45) is 7.19. The van der Waals surface area contributed by atoms with Crippen LogP contribution in [0.3, 0.4) is 0 Å². The molecule has 32 heavy (non-hydrogen) atoms. The van der Waals surface area contributed by atoms with Gasteiger partial charge in [0.2, 0.25) is 0 Å². The van der Waals surface area contributed by atoms with E-state index in [4.69, 9.17) is 23.2 Å². The van der Waals surface area contributed by atoms with Crippen LogP contribution in [0.5, 0.6) is 0 Å². The SMILES string of the molecule is C=C/C=C(\C=C)N1CCN(C(=O)C2=C(C)Nc3ccnn3C2c2cccc(Cl)c2Cl)CC1. The third kappa shape index (κ3) is 3.96. The zero-order valence-electron chi connectivity index (χ0n) is 17.9. The molecule has 2 aromatic rings. The molecule has 1 saturated heterocycles. The Labute approximate surface area is 198 Å². The molecule has 166 valence electrons. The maximum Gasteiger partial charge on any atom is 0.254 e. The summed E-state index contributed by atoms with van der Waals surface area (Å²) >= 11 is 12.9. The fourth-order valence-corrected chi connectivity index (χ4v) is 4.67. The lowest BCUT2D eigenvalue weighted by atomic mass is 9.94. The minimum atomic E-state index is -0.470. The molecule has 0 spiro atoms. The summed E-state index contributed by atoms with van der Waals surface area (Å²) in [5.74, 6) is 0.764. The fourth-order valence-electron chi connectivity index (χ4n) is 4.26. The summed E-state index contributed by atoms with van der Waals surface area (Å²) in [6.45, 7) is 12.2. The first-order valence-corrected chi connectivity index (χ1v) is 11.2. The molecule has 0 aliphatic carbocycles. The Balaban J connectivity index is 1.66. The van der Waals surface area contributed by atoms with Crippen LogP contribution in [0.25, 0.3) is 0 Å². The number of rotatable bonds is 5. The molecule has 1 aromatic heterocycles. The molecule has 0 saturated carbocycles. The van der Waals surface area contributed by atoms with Gasteiger partial charge in [-0.15, -0.1) is 0 Å². The van der Waals surface area contributed by atoms with Crippen molar-refractivity contribution in [1.82, 2.24) is 19.6 Å². The monoisotopic (exact) mass is 469 g/mol.